The molecule has 3 nitrogen and oxygen atoms in total. The molecule has 0 aliphatic heterocycles. The van der Waals surface area contributed by atoms with Crippen molar-refractivity contribution in [3.05, 3.63) is 48.5 Å². The Balaban J connectivity index is 1.66. The van der Waals surface area contributed by atoms with Crippen molar-refractivity contribution in [2.75, 3.05) is 6.61 Å². The van der Waals surface area contributed by atoms with Gasteiger partial charge in [0.25, 0.3) is 0 Å². The minimum atomic E-state index is 0.796. The zero-order valence-corrected chi connectivity index (χ0v) is 13.0. The van der Waals surface area contributed by atoms with Gasteiger partial charge in [0.2, 0.25) is 0 Å². The monoisotopic (exact) mass is 294 g/mol. The molecule has 0 unspecified atom stereocenters. The van der Waals surface area contributed by atoms with Gasteiger partial charge < -0.3 is 4.74 Å². The fraction of sp³-hybridized carbons (Fsp3) is 0.316. The molecule has 1 heterocycles. The van der Waals surface area contributed by atoms with Crippen LogP contribution in [-0.4, -0.2) is 16.8 Å². The van der Waals surface area contributed by atoms with Crippen molar-refractivity contribution in [1.29, 1.82) is 0 Å². The van der Waals surface area contributed by atoms with E-state index in [1.54, 1.807) is 0 Å². The number of aromatic amines is 1. The molecule has 0 spiro atoms. The number of unbranched alkanes of at least 4 members (excludes halogenated alkanes) is 3. The number of nitrogens with zero attached hydrogens (tertiary/aromatic N) is 1. The topological polar surface area (TPSA) is 37.9 Å². The quantitative estimate of drug-likeness (QED) is 0.609. The van der Waals surface area contributed by atoms with Gasteiger partial charge in [-0.2, -0.15) is 5.10 Å². The van der Waals surface area contributed by atoms with E-state index in [0.717, 1.165) is 40.9 Å². The van der Waals surface area contributed by atoms with Gasteiger partial charge in [0.15, 0.2) is 0 Å². The number of hydrogen-bond donors (Lipinski definition) is 1. The fourth-order valence-electron chi connectivity index (χ4n) is 2.61. The number of fused-ring (bicyclic) bond motifs is 1. The van der Waals surface area contributed by atoms with Gasteiger partial charge in [0.1, 0.15) is 5.75 Å². The van der Waals surface area contributed by atoms with Gasteiger partial charge in [-0.05, 0) is 36.8 Å². The van der Waals surface area contributed by atoms with Crippen molar-refractivity contribution >= 4 is 10.9 Å². The Labute approximate surface area is 131 Å². The molecule has 0 fully saturated rings. The summed E-state index contributed by atoms with van der Waals surface area (Å²) >= 11 is 0. The minimum absolute atomic E-state index is 0.796. The molecule has 3 aromatic rings. The maximum Gasteiger partial charge on any atom is 0.119 e. The first-order valence-electron chi connectivity index (χ1n) is 8.05. The van der Waals surface area contributed by atoms with Crippen LogP contribution in [0.4, 0.5) is 0 Å². The Morgan fingerprint density at radius 1 is 0.955 bits per heavy atom. The number of ether oxygens (including phenoxy) is 1. The van der Waals surface area contributed by atoms with Crippen LogP contribution in [0.15, 0.2) is 48.5 Å². The van der Waals surface area contributed by atoms with E-state index in [1.165, 1.54) is 19.3 Å². The van der Waals surface area contributed by atoms with Crippen molar-refractivity contribution in [2.24, 2.45) is 0 Å². The molecular weight excluding hydrogens is 272 g/mol. The number of nitrogens with one attached hydrogen (secondary N) is 1. The molecule has 0 aliphatic carbocycles. The van der Waals surface area contributed by atoms with Gasteiger partial charge in [0, 0.05) is 10.9 Å². The van der Waals surface area contributed by atoms with Crippen molar-refractivity contribution in [1.82, 2.24) is 10.2 Å². The smallest absolute Gasteiger partial charge is 0.119 e. The summed E-state index contributed by atoms with van der Waals surface area (Å²) in [5.74, 6) is 0.931. The third kappa shape index (κ3) is 3.30. The molecule has 0 saturated heterocycles. The number of H-pyrrole nitrogens is 1. The molecule has 1 N–H and O–H groups in total. The number of hydrogen-bond acceptors (Lipinski definition) is 2. The fourth-order valence-corrected chi connectivity index (χ4v) is 2.61. The lowest BCUT2D eigenvalue weighted by atomic mass is 10.1. The molecule has 3 rings (SSSR count). The molecule has 114 valence electrons. The average molecular weight is 294 g/mol. The van der Waals surface area contributed by atoms with Crippen LogP contribution in [0, 0.1) is 0 Å². The minimum Gasteiger partial charge on any atom is -0.494 e. The van der Waals surface area contributed by atoms with Crippen LogP contribution in [0.1, 0.15) is 32.6 Å². The Hall–Kier alpha value is -2.29. The molecule has 0 amide bonds. The molecule has 22 heavy (non-hydrogen) atoms. The summed E-state index contributed by atoms with van der Waals surface area (Å²) in [6, 6.07) is 16.4. The average Bonchev–Trinajstić information content (AvgIpc) is 2.99. The predicted octanol–water partition coefficient (Wildman–Crippen LogP) is 5.19. The Kier molecular flexibility index (Phi) is 4.74. The van der Waals surface area contributed by atoms with E-state index in [4.69, 9.17) is 4.74 Å². The molecular formula is C19H22N2O. The lowest BCUT2D eigenvalue weighted by Crippen LogP contribution is -1.96. The normalized spacial score (nSPS) is 11.0. The summed E-state index contributed by atoms with van der Waals surface area (Å²) < 4.78 is 5.78. The summed E-state index contributed by atoms with van der Waals surface area (Å²) in [7, 11) is 0. The third-order valence-corrected chi connectivity index (χ3v) is 3.86. The Morgan fingerprint density at radius 2 is 1.77 bits per heavy atom. The van der Waals surface area contributed by atoms with Gasteiger partial charge in [-0.25, -0.2) is 0 Å². The van der Waals surface area contributed by atoms with E-state index < -0.39 is 0 Å². The van der Waals surface area contributed by atoms with Crippen molar-refractivity contribution in [3.8, 4) is 17.0 Å². The van der Waals surface area contributed by atoms with E-state index in [-0.39, 0.29) is 0 Å². The lowest BCUT2D eigenvalue weighted by Gasteiger charge is -2.06. The molecule has 0 aliphatic rings. The first-order valence-corrected chi connectivity index (χ1v) is 8.05. The van der Waals surface area contributed by atoms with Gasteiger partial charge in [-0.15, -0.1) is 0 Å². The maximum atomic E-state index is 5.78. The zero-order chi connectivity index (χ0) is 15.2. The molecule has 1 aromatic heterocycles. The summed E-state index contributed by atoms with van der Waals surface area (Å²) in [6.07, 6.45) is 4.91. The van der Waals surface area contributed by atoms with E-state index in [0.29, 0.717) is 0 Å². The zero-order valence-electron chi connectivity index (χ0n) is 13.0. The summed E-state index contributed by atoms with van der Waals surface area (Å²) in [5, 5.41) is 8.65. The summed E-state index contributed by atoms with van der Waals surface area (Å²) in [6.45, 7) is 3.02. The van der Waals surface area contributed by atoms with Crippen LogP contribution in [0.25, 0.3) is 22.2 Å². The first-order chi connectivity index (χ1) is 10.9. The van der Waals surface area contributed by atoms with E-state index in [2.05, 4.69) is 35.3 Å². The Morgan fingerprint density at radius 3 is 2.59 bits per heavy atom. The van der Waals surface area contributed by atoms with Gasteiger partial charge >= 0.3 is 0 Å². The van der Waals surface area contributed by atoms with Crippen molar-refractivity contribution in [2.45, 2.75) is 32.6 Å². The summed E-state index contributed by atoms with van der Waals surface area (Å²) in [4.78, 5) is 0. The highest BCUT2D eigenvalue weighted by Gasteiger charge is 2.07. The second kappa shape index (κ2) is 7.12. The third-order valence-electron chi connectivity index (χ3n) is 3.86. The Bertz CT molecular complexity index is 716. The maximum absolute atomic E-state index is 5.78. The highest BCUT2D eigenvalue weighted by atomic mass is 16.5. The number of para-hydroxylation sites is 1. The molecule has 0 bridgehead atoms. The second-order valence-electron chi connectivity index (χ2n) is 5.55. The van der Waals surface area contributed by atoms with Gasteiger partial charge in [-0.3, -0.25) is 5.10 Å². The van der Waals surface area contributed by atoms with Crippen LogP contribution in [-0.2, 0) is 0 Å². The van der Waals surface area contributed by atoms with Crippen LogP contribution >= 0.6 is 0 Å². The largest absolute Gasteiger partial charge is 0.494 e. The highest BCUT2D eigenvalue weighted by molar-refractivity contribution is 5.92. The number of benzene rings is 2. The highest BCUT2D eigenvalue weighted by Crippen LogP contribution is 2.27. The molecule has 0 radical (unpaired) electrons. The second-order valence-corrected chi connectivity index (χ2v) is 5.55. The molecule has 0 saturated carbocycles. The van der Waals surface area contributed by atoms with Crippen LogP contribution in [0.3, 0.4) is 0 Å². The van der Waals surface area contributed by atoms with Crippen LogP contribution in [0.5, 0.6) is 5.75 Å². The lowest BCUT2D eigenvalue weighted by molar-refractivity contribution is 0.305. The van der Waals surface area contributed by atoms with E-state index in [1.807, 2.05) is 30.3 Å². The molecule has 0 atom stereocenters. The van der Waals surface area contributed by atoms with Crippen molar-refractivity contribution < 1.29 is 4.74 Å². The first kappa shape index (κ1) is 14.6. The van der Waals surface area contributed by atoms with Crippen LogP contribution in [0.2, 0.25) is 0 Å². The predicted molar refractivity (Wildman–Crippen MR) is 91.2 cm³/mol. The number of aromatic nitrogens is 2. The molecule has 3 heteroatoms. The SMILES string of the molecule is CCCCCCOc1ccc(-c2n[nH]c3ccccc23)cc1. The van der Waals surface area contributed by atoms with Crippen LogP contribution < -0.4 is 4.74 Å². The molecule has 2 aromatic carbocycles. The van der Waals surface area contributed by atoms with Gasteiger partial charge in [0.05, 0.1) is 17.8 Å². The number of rotatable bonds is 7. The summed E-state index contributed by atoms with van der Waals surface area (Å²) in [5.41, 5.74) is 3.16. The standard InChI is InChI=1S/C19H22N2O/c1-2-3-4-7-14-22-16-12-10-15(11-13-16)19-17-8-5-6-9-18(17)20-21-19/h5-6,8-13H,2-4,7,14H2,1H3,(H,20,21). The van der Waals surface area contributed by atoms with Gasteiger partial charge in [-0.1, -0.05) is 44.4 Å². The van der Waals surface area contributed by atoms with E-state index >= 15 is 0 Å². The van der Waals surface area contributed by atoms with E-state index in [9.17, 15) is 0 Å². The van der Waals surface area contributed by atoms with Crippen molar-refractivity contribution in [3.63, 3.8) is 0 Å².